The van der Waals surface area contributed by atoms with E-state index in [2.05, 4.69) is 10.0 Å². The third kappa shape index (κ3) is 17.0. The Bertz CT molecular complexity index is 2160. The van der Waals surface area contributed by atoms with E-state index in [4.69, 9.17) is 80.6 Å². The van der Waals surface area contributed by atoms with Crippen LogP contribution in [0.15, 0.2) is 5.11 Å². The molecule has 0 radical (unpaired) electrons. The van der Waals surface area contributed by atoms with Gasteiger partial charge in [0.15, 0.2) is 61.6 Å². The van der Waals surface area contributed by atoms with Crippen molar-refractivity contribution in [2.24, 2.45) is 11.0 Å². The molecular formula is C43H60N4O28. The van der Waals surface area contributed by atoms with Crippen LogP contribution in [0.25, 0.3) is 10.4 Å². The molecule has 0 aromatic rings. The molecule has 4 fully saturated rings. The Morgan fingerprint density at radius 2 is 0.813 bits per heavy atom. The van der Waals surface area contributed by atoms with Gasteiger partial charge in [-0.1, -0.05) is 12.0 Å². The summed E-state index contributed by atoms with van der Waals surface area (Å²) in [6, 6.07) is -2.12. The molecule has 0 aliphatic carbocycles. The van der Waals surface area contributed by atoms with E-state index >= 15 is 0 Å². The molecule has 0 amide bonds. The summed E-state index contributed by atoms with van der Waals surface area (Å²) in [6.45, 7) is 11.7. The maximum absolute atomic E-state index is 13.1. The highest BCUT2D eigenvalue weighted by atomic mass is 17.0. The molecular weight excluding hydrogens is 1020 g/mol. The summed E-state index contributed by atoms with van der Waals surface area (Å²) in [5, 5.41) is 14.3. The van der Waals surface area contributed by atoms with Gasteiger partial charge in [-0.05, 0) is 19.4 Å². The van der Waals surface area contributed by atoms with Gasteiger partial charge in [-0.25, -0.2) is 0 Å². The van der Waals surface area contributed by atoms with Gasteiger partial charge in [0, 0.05) is 73.1 Å². The highest BCUT2D eigenvalue weighted by Crippen LogP contribution is 2.40. The predicted octanol–water partition coefficient (Wildman–Crippen LogP) is 0.253. The standard InChI is InChI=1S/C43H60N4O28/c1-15-16(2)61-41(37(68-25(11)55)30(15)63-20(6)50)74-39-36(67-24(10)54)33(65-22(8)52)28(14-60-19(5)49)71-43(39)72-32-27(13-59-18(4)48)70-40(75-47(57)58)29(45-46-44)34(32)73-42-38(69-26(12)56)35(66-23(9)53)31(17(3)62-42)64-21(7)51/h15-17,27-43H,13-14H2,1-12H3/t15-,16?,17?,27?,28?,29?,30?,31?,32?,33?,34-,35+,36+,37-,38?,39?,40?,41?,42+,43+/m1/s1. The highest BCUT2D eigenvalue weighted by molar-refractivity contribution is 5.70. The molecule has 0 aromatic carbocycles. The van der Waals surface area contributed by atoms with Crippen LogP contribution >= 0.6 is 0 Å². The van der Waals surface area contributed by atoms with E-state index in [1.807, 2.05) is 0 Å². The van der Waals surface area contributed by atoms with E-state index in [9.17, 15) is 58.8 Å². The van der Waals surface area contributed by atoms with Crippen molar-refractivity contribution in [2.45, 2.75) is 200 Å². The molecule has 0 bridgehead atoms. The maximum Gasteiger partial charge on any atom is 0.303 e. The van der Waals surface area contributed by atoms with Crippen LogP contribution < -0.4 is 0 Å². The number of hydrogen-bond donors (Lipinski definition) is 0. The molecule has 4 saturated heterocycles. The zero-order valence-corrected chi connectivity index (χ0v) is 42.7. The minimum absolute atomic E-state index is 0.699. The fourth-order valence-electron chi connectivity index (χ4n) is 8.49. The molecule has 13 unspecified atom stereocenters. The lowest BCUT2D eigenvalue weighted by atomic mass is 9.90. The van der Waals surface area contributed by atoms with Gasteiger partial charge in [0.2, 0.25) is 6.29 Å². The molecule has 32 heteroatoms. The molecule has 32 nitrogen and oxygen atoms in total. The second-order valence-corrected chi connectivity index (χ2v) is 17.3. The number of carbonyl (C=O) groups is 9. The van der Waals surface area contributed by atoms with E-state index < -0.39 is 195 Å². The van der Waals surface area contributed by atoms with E-state index in [0.717, 1.165) is 62.3 Å². The van der Waals surface area contributed by atoms with Crippen molar-refractivity contribution in [2.75, 3.05) is 13.2 Å². The molecule has 0 saturated carbocycles. The molecule has 420 valence electrons. The predicted molar refractivity (Wildman–Crippen MR) is 233 cm³/mol. The lowest BCUT2D eigenvalue weighted by Gasteiger charge is -2.51. The highest BCUT2D eigenvalue weighted by Gasteiger charge is 2.60. The van der Waals surface area contributed by atoms with Gasteiger partial charge < -0.3 is 75.8 Å². The smallest absolute Gasteiger partial charge is 0.303 e. The third-order valence-corrected chi connectivity index (χ3v) is 11.4. The summed E-state index contributed by atoms with van der Waals surface area (Å²) < 4.78 is 93.7. The van der Waals surface area contributed by atoms with Crippen molar-refractivity contribution < 1.29 is 129 Å². The van der Waals surface area contributed by atoms with E-state index in [1.54, 1.807) is 13.8 Å². The van der Waals surface area contributed by atoms with E-state index in [1.165, 1.54) is 6.92 Å². The van der Waals surface area contributed by atoms with Gasteiger partial charge in [0.25, 0.3) is 5.09 Å². The first-order valence-electron chi connectivity index (χ1n) is 23.0. The lowest BCUT2D eigenvalue weighted by Crippen LogP contribution is -2.69. The Hall–Kier alpha value is -6.54. The first kappa shape index (κ1) is 61.0. The zero-order chi connectivity index (χ0) is 56.2. The average molecular weight is 1080 g/mol. The summed E-state index contributed by atoms with van der Waals surface area (Å²) in [6.07, 6.45) is -32.1. The van der Waals surface area contributed by atoms with Crippen molar-refractivity contribution in [1.82, 2.24) is 0 Å². The molecule has 75 heavy (non-hydrogen) atoms. The molecule has 4 rings (SSSR count). The molecule has 0 spiro atoms. The van der Waals surface area contributed by atoms with Gasteiger partial charge >= 0.3 is 53.7 Å². The molecule has 4 aliphatic rings. The van der Waals surface area contributed by atoms with Crippen molar-refractivity contribution >= 4 is 53.7 Å². The number of hydrogen-bond acceptors (Lipinski definition) is 29. The van der Waals surface area contributed by atoms with Gasteiger partial charge in [-0.15, -0.1) is 10.1 Å². The van der Waals surface area contributed by atoms with Gasteiger partial charge in [0.05, 0.1) is 12.2 Å². The van der Waals surface area contributed by atoms with Crippen LogP contribution in [0.2, 0.25) is 0 Å². The Labute approximate surface area is 426 Å². The largest absolute Gasteiger partial charge is 0.463 e. The SMILES string of the molecule is CC(=O)OCC1OC(O[N+](=O)[O-])C(N=[N+]=[N-])[C@@H](O[C@@H]2OC(C)C(OC(C)=O)[C@H](OC(C)=O)C2OC(C)=O)C1O[C@@H]1OC(COC(C)=O)C(OC(C)=O)[C@H](OC(C)=O)C1OC1OC(C)[C@@H](C)C(OC(C)=O)[C@H]1OC(C)=O. The number of ether oxygens (including phenoxy) is 16. The first-order chi connectivity index (χ1) is 35.1. The normalized spacial score (nSPS) is 35.3. The molecule has 4 heterocycles. The van der Waals surface area contributed by atoms with Crippen LogP contribution in [0.5, 0.6) is 0 Å². The Balaban J connectivity index is 2.05. The summed E-state index contributed by atoms with van der Waals surface area (Å²) in [5.41, 5.74) is 9.95. The minimum atomic E-state index is -2.28. The molecule has 0 aromatic heterocycles. The van der Waals surface area contributed by atoms with Crippen molar-refractivity contribution in [1.29, 1.82) is 0 Å². The van der Waals surface area contributed by atoms with Crippen LogP contribution in [0.3, 0.4) is 0 Å². The van der Waals surface area contributed by atoms with Crippen LogP contribution in [0.1, 0.15) is 83.1 Å². The average Bonchev–Trinajstić information content (AvgIpc) is 3.27. The monoisotopic (exact) mass is 1080 g/mol. The summed E-state index contributed by atoms with van der Waals surface area (Å²) in [7, 11) is 0. The topological polar surface area (TPSA) is 402 Å². The second-order valence-electron chi connectivity index (χ2n) is 17.3. The molecule has 20 atom stereocenters. The van der Waals surface area contributed by atoms with E-state index in [0.29, 0.717) is 0 Å². The number of rotatable bonds is 20. The first-order valence-corrected chi connectivity index (χ1v) is 23.0. The summed E-state index contributed by atoms with van der Waals surface area (Å²) in [4.78, 5) is 133. The quantitative estimate of drug-likeness (QED) is 0.0300. The molecule has 4 aliphatic heterocycles. The third-order valence-electron chi connectivity index (χ3n) is 11.4. The van der Waals surface area contributed by atoms with Gasteiger partial charge in [-0.2, -0.15) is 0 Å². The number of nitrogens with zero attached hydrogens (tertiary/aromatic N) is 4. The Morgan fingerprint density at radius 3 is 1.28 bits per heavy atom. The summed E-state index contributed by atoms with van der Waals surface area (Å²) >= 11 is 0. The number of esters is 9. The maximum atomic E-state index is 13.1. The Morgan fingerprint density at radius 1 is 0.453 bits per heavy atom. The second kappa shape index (κ2) is 27.3. The van der Waals surface area contributed by atoms with Crippen LogP contribution in [0, 0.1) is 16.0 Å². The summed E-state index contributed by atoms with van der Waals surface area (Å²) in [5.74, 6) is -9.30. The molecule has 0 N–H and O–H groups in total. The van der Waals surface area contributed by atoms with Crippen LogP contribution in [-0.2, 0) is 124 Å². The van der Waals surface area contributed by atoms with Gasteiger partial charge in [0.1, 0.15) is 49.8 Å². The van der Waals surface area contributed by atoms with Crippen molar-refractivity contribution in [3.05, 3.63) is 20.6 Å². The lowest BCUT2D eigenvalue weighted by molar-refractivity contribution is -0.783. The minimum Gasteiger partial charge on any atom is -0.463 e. The number of carbonyl (C=O) groups excluding carboxylic acids is 9. The fraction of sp³-hybridized carbons (Fsp3) is 0.791. The van der Waals surface area contributed by atoms with Crippen molar-refractivity contribution in [3.63, 3.8) is 0 Å². The van der Waals surface area contributed by atoms with Gasteiger partial charge in [-0.3, -0.25) is 48.0 Å². The van der Waals surface area contributed by atoms with Crippen molar-refractivity contribution in [3.8, 4) is 0 Å². The van der Waals surface area contributed by atoms with Crippen LogP contribution in [-0.4, -0.2) is 189 Å². The number of azide groups is 1. The Kier molecular flexibility index (Phi) is 22.2. The zero-order valence-electron chi connectivity index (χ0n) is 42.7. The van der Waals surface area contributed by atoms with E-state index in [-0.39, 0.29) is 0 Å². The van der Waals surface area contributed by atoms with Crippen LogP contribution in [0.4, 0.5) is 0 Å². The fourth-order valence-corrected chi connectivity index (χ4v) is 8.49.